The van der Waals surface area contributed by atoms with Crippen LogP contribution in [0.3, 0.4) is 0 Å². The van der Waals surface area contributed by atoms with E-state index >= 15 is 0 Å². The second kappa shape index (κ2) is 10.3. The van der Waals surface area contributed by atoms with Gasteiger partial charge in [0.05, 0.1) is 23.7 Å². The lowest BCUT2D eigenvalue weighted by atomic mass is 9.92. The number of fused-ring (bicyclic) bond motifs is 1. The van der Waals surface area contributed by atoms with Gasteiger partial charge in [0, 0.05) is 45.0 Å². The lowest BCUT2D eigenvalue weighted by Gasteiger charge is -2.38. The molecule has 0 aromatic heterocycles. The summed E-state index contributed by atoms with van der Waals surface area (Å²) in [4.78, 5) is 39.4. The molecule has 3 aliphatic heterocycles. The first-order valence-corrected chi connectivity index (χ1v) is 12.7. The van der Waals surface area contributed by atoms with Crippen molar-refractivity contribution in [2.45, 2.75) is 33.2 Å². The number of allylic oxidation sites excluding steroid dienone is 1. The number of carbonyl (C=O) groups excluding carboxylic acids is 2. The molecule has 2 amide bonds. The van der Waals surface area contributed by atoms with Crippen LogP contribution in [-0.2, 0) is 9.59 Å². The number of thioether (sulfide) groups is 1. The van der Waals surface area contributed by atoms with Crippen molar-refractivity contribution in [2.75, 3.05) is 46.3 Å². The van der Waals surface area contributed by atoms with E-state index in [0.29, 0.717) is 37.4 Å². The van der Waals surface area contributed by atoms with E-state index in [9.17, 15) is 14.0 Å². The number of hydrogen-bond donors (Lipinski definition) is 0. The second-order valence-corrected chi connectivity index (χ2v) is 9.62. The summed E-state index contributed by atoms with van der Waals surface area (Å²) in [5.41, 5.74) is 2.84. The average molecular weight is 486 g/mol. The number of nitrogens with zero attached hydrogens (tertiary/aromatic N) is 5. The molecular weight excluding hydrogens is 453 g/mol. The van der Waals surface area contributed by atoms with Gasteiger partial charge < -0.3 is 19.6 Å². The molecule has 3 heterocycles. The van der Waals surface area contributed by atoms with E-state index in [-0.39, 0.29) is 24.1 Å². The first kappa shape index (κ1) is 24.5. The standard InChI is InChI=1S/C25H32FN5O2S/c1-5-29(6-2)24(33)22-17(3)27-25-31(23(22)18-7-9-19(26)10-8-18)20(16-34-25)15-21(32)30-13-11-28(4)12-14-30/h7-10,16,23H,5-6,11-15H2,1-4H3. The molecule has 0 spiro atoms. The summed E-state index contributed by atoms with van der Waals surface area (Å²) in [6.07, 6.45) is 0.235. The molecule has 9 heteroatoms. The molecule has 1 atom stereocenters. The SMILES string of the molecule is CCN(CC)C(=O)C1=C(C)N=C2SC=C(CC(=O)N3CCN(C)CC3)N2C1c1ccc(F)cc1. The van der Waals surface area contributed by atoms with Gasteiger partial charge in [-0.3, -0.25) is 9.59 Å². The highest BCUT2D eigenvalue weighted by Gasteiger charge is 2.41. The number of amidine groups is 1. The zero-order valence-corrected chi connectivity index (χ0v) is 21.1. The Kier molecular flexibility index (Phi) is 7.42. The molecule has 4 rings (SSSR count). The van der Waals surface area contributed by atoms with Crippen molar-refractivity contribution in [3.8, 4) is 0 Å². The van der Waals surface area contributed by atoms with Gasteiger partial charge in [0.2, 0.25) is 5.91 Å². The Hall–Kier alpha value is -2.65. The van der Waals surface area contributed by atoms with Gasteiger partial charge in [0.1, 0.15) is 5.82 Å². The Bertz CT molecular complexity index is 1040. The average Bonchev–Trinajstić information content (AvgIpc) is 3.21. The van der Waals surface area contributed by atoms with Crippen molar-refractivity contribution in [2.24, 2.45) is 4.99 Å². The van der Waals surface area contributed by atoms with Crippen molar-refractivity contribution < 1.29 is 14.0 Å². The van der Waals surface area contributed by atoms with E-state index in [1.54, 1.807) is 17.0 Å². The Labute approximate surface area is 205 Å². The van der Waals surface area contributed by atoms with Crippen molar-refractivity contribution in [3.63, 3.8) is 0 Å². The van der Waals surface area contributed by atoms with Gasteiger partial charge in [-0.1, -0.05) is 23.9 Å². The topological polar surface area (TPSA) is 59.5 Å². The molecule has 0 N–H and O–H groups in total. The molecule has 1 aromatic rings. The quantitative estimate of drug-likeness (QED) is 0.618. The number of hydrogen-bond acceptors (Lipinski definition) is 6. The van der Waals surface area contributed by atoms with Crippen LogP contribution >= 0.6 is 11.8 Å². The monoisotopic (exact) mass is 485 g/mol. The predicted molar refractivity (Wildman–Crippen MR) is 133 cm³/mol. The van der Waals surface area contributed by atoms with Crippen LogP contribution in [0.4, 0.5) is 4.39 Å². The van der Waals surface area contributed by atoms with E-state index in [1.165, 1.54) is 23.9 Å². The number of aliphatic imine (C=N–C) groups is 1. The Balaban J connectivity index is 1.68. The van der Waals surface area contributed by atoms with Crippen LogP contribution in [0.25, 0.3) is 0 Å². The molecule has 1 fully saturated rings. The largest absolute Gasteiger partial charge is 0.340 e. The highest BCUT2D eigenvalue weighted by atomic mass is 32.2. The number of carbonyl (C=O) groups is 2. The zero-order chi connectivity index (χ0) is 24.4. The van der Waals surface area contributed by atoms with Crippen LogP contribution in [0.5, 0.6) is 0 Å². The maximum atomic E-state index is 13.8. The molecule has 3 aliphatic rings. The van der Waals surface area contributed by atoms with Crippen molar-refractivity contribution >= 4 is 28.7 Å². The lowest BCUT2D eigenvalue weighted by Crippen LogP contribution is -2.47. The summed E-state index contributed by atoms with van der Waals surface area (Å²) < 4.78 is 13.8. The number of halogens is 1. The number of rotatable bonds is 6. The van der Waals surface area contributed by atoms with Crippen molar-refractivity contribution in [1.29, 1.82) is 0 Å². The van der Waals surface area contributed by atoms with Crippen LogP contribution in [0.2, 0.25) is 0 Å². The maximum absolute atomic E-state index is 13.8. The minimum atomic E-state index is -0.470. The van der Waals surface area contributed by atoms with Gasteiger partial charge >= 0.3 is 0 Å². The molecule has 34 heavy (non-hydrogen) atoms. The summed E-state index contributed by atoms with van der Waals surface area (Å²) in [5, 5.41) is 2.70. The predicted octanol–water partition coefficient (Wildman–Crippen LogP) is 3.43. The molecule has 182 valence electrons. The van der Waals surface area contributed by atoms with Crippen LogP contribution in [-0.4, -0.2) is 82.9 Å². The highest BCUT2D eigenvalue weighted by molar-refractivity contribution is 8.16. The molecule has 0 bridgehead atoms. The van der Waals surface area contributed by atoms with Crippen molar-refractivity contribution in [1.82, 2.24) is 19.6 Å². The van der Waals surface area contributed by atoms with E-state index in [0.717, 1.165) is 29.5 Å². The molecule has 0 radical (unpaired) electrons. The van der Waals surface area contributed by atoms with Crippen LogP contribution in [0.15, 0.2) is 51.6 Å². The molecule has 0 saturated carbocycles. The van der Waals surface area contributed by atoms with Crippen LogP contribution < -0.4 is 0 Å². The summed E-state index contributed by atoms with van der Waals surface area (Å²) in [6, 6.07) is 5.79. The molecule has 0 aliphatic carbocycles. The maximum Gasteiger partial charge on any atom is 0.254 e. The van der Waals surface area contributed by atoms with E-state index in [2.05, 4.69) is 11.9 Å². The van der Waals surface area contributed by atoms with E-state index < -0.39 is 6.04 Å². The highest BCUT2D eigenvalue weighted by Crippen LogP contribution is 2.45. The fourth-order valence-corrected chi connectivity index (χ4v) is 5.57. The third-order valence-electron chi connectivity index (χ3n) is 6.66. The molecule has 7 nitrogen and oxygen atoms in total. The normalized spacial score (nSPS) is 20.8. The smallest absolute Gasteiger partial charge is 0.254 e. The summed E-state index contributed by atoms with van der Waals surface area (Å²) >= 11 is 1.46. The molecular formula is C25H32FN5O2S. The molecule has 1 unspecified atom stereocenters. The lowest BCUT2D eigenvalue weighted by molar-refractivity contribution is -0.132. The number of likely N-dealkylation sites (N-methyl/N-ethyl adjacent to an activating group) is 2. The molecule has 1 aromatic carbocycles. The van der Waals surface area contributed by atoms with Crippen LogP contribution in [0, 0.1) is 5.82 Å². The van der Waals surface area contributed by atoms with E-state index in [1.807, 2.05) is 36.0 Å². The van der Waals surface area contributed by atoms with E-state index in [4.69, 9.17) is 4.99 Å². The van der Waals surface area contributed by atoms with Crippen LogP contribution in [0.1, 0.15) is 38.8 Å². The third-order valence-corrected chi connectivity index (χ3v) is 7.54. The first-order chi connectivity index (χ1) is 16.3. The third kappa shape index (κ3) is 4.77. The Morgan fingerprint density at radius 3 is 2.38 bits per heavy atom. The minimum absolute atomic E-state index is 0.0713. The number of benzene rings is 1. The summed E-state index contributed by atoms with van der Waals surface area (Å²) in [7, 11) is 2.06. The Morgan fingerprint density at radius 2 is 1.76 bits per heavy atom. The molecule has 1 saturated heterocycles. The number of piperazine rings is 1. The van der Waals surface area contributed by atoms with Gasteiger partial charge in [0.15, 0.2) is 5.17 Å². The first-order valence-electron chi connectivity index (χ1n) is 11.8. The van der Waals surface area contributed by atoms with Gasteiger partial charge in [-0.25, -0.2) is 9.38 Å². The van der Waals surface area contributed by atoms with Crippen molar-refractivity contribution in [3.05, 3.63) is 58.0 Å². The van der Waals surface area contributed by atoms with Gasteiger partial charge in [-0.2, -0.15) is 0 Å². The fourth-order valence-electron chi connectivity index (χ4n) is 4.61. The minimum Gasteiger partial charge on any atom is -0.340 e. The second-order valence-electron chi connectivity index (χ2n) is 8.78. The number of amides is 2. The van der Waals surface area contributed by atoms with Gasteiger partial charge in [0.25, 0.3) is 5.91 Å². The van der Waals surface area contributed by atoms with Gasteiger partial charge in [-0.15, -0.1) is 0 Å². The Morgan fingerprint density at radius 1 is 1.12 bits per heavy atom. The summed E-state index contributed by atoms with van der Waals surface area (Å²) in [5.74, 6) is -0.342. The zero-order valence-electron chi connectivity index (χ0n) is 20.3. The fraction of sp³-hybridized carbons (Fsp3) is 0.480. The van der Waals surface area contributed by atoms with Gasteiger partial charge in [-0.05, 0) is 50.9 Å². The summed E-state index contributed by atoms with van der Waals surface area (Å²) in [6.45, 7) is 10.1.